The Bertz CT molecular complexity index is 366. The van der Waals surface area contributed by atoms with Gasteiger partial charge in [-0.25, -0.2) is 4.98 Å². The maximum atomic E-state index is 12.1. The van der Waals surface area contributed by atoms with Crippen LogP contribution in [-0.2, 0) is 4.74 Å². The number of nitrogens with zero attached hydrogens (tertiary/aromatic N) is 2. The molecule has 0 bridgehead atoms. The quantitative estimate of drug-likeness (QED) is 0.791. The van der Waals surface area contributed by atoms with E-state index in [0.717, 1.165) is 19.4 Å². The number of hydrogen-bond acceptors (Lipinski definition) is 4. The van der Waals surface area contributed by atoms with E-state index in [0.29, 0.717) is 12.2 Å². The molecule has 1 aromatic heterocycles. The van der Waals surface area contributed by atoms with Crippen LogP contribution in [0.4, 0.5) is 0 Å². The summed E-state index contributed by atoms with van der Waals surface area (Å²) in [6, 6.07) is 0. The molecule has 1 aliphatic heterocycles. The van der Waals surface area contributed by atoms with Crippen LogP contribution in [0.15, 0.2) is 10.9 Å². The molecule has 2 rings (SSSR count). The Hall–Kier alpha value is -0.940. The second kappa shape index (κ2) is 4.51. The number of ether oxygens (including phenoxy) is 1. The topological polar surface area (TPSA) is 42.4 Å². The van der Waals surface area contributed by atoms with Crippen molar-refractivity contribution >= 4 is 17.2 Å². The van der Waals surface area contributed by atoms with Crippen molar-refractivity contribution in [3.8, 4) is 0 Å². The maximum Gasteiger partial charge on any atom is 0.273 e. The Balaban J connectivity index is 2.08. The van der Waals surface area contributed by atoms with Crippen LogP contribution < -0.4 is 0 Å². The minimum Gasteiger partial charge on any atom is -0.377 e. The molecule has 0 aliphatic carbocycles. The van der Waals surface area contributed by atoms with E-state index in [4.69, 9.17) is 4.74 Å². The van der Waals surface area contributed by atoms with Crippen molar-refractivity contribution in [2.75, 3.05) is 20.2 Å². The van der Waals surface area contributed by atoms with Crippen LogP contribution in [0.2, 0.25) is 0 Å². The van der Waals surface area contributed by atoms with Gasteiger partial charge in [0.1, 0.15) is 5.69 Å². The number of carbonyl (C=O) groups excluding carboxylic acids is 1. The van der Waals surface area contributed by atoms with E-state index < -0.39 is 0 Å². The highest BCUT2D eigenvalue weighted by Gasteiger charge is 2.33. The molecule has 2 heterocycles. The first kappa shape index (κ1) is 11.5. The molecular formula is C11H16N2O2S. The predicted molar refractivity (Wildman–Crippen MR) is 62.7 cm³/mol. The van der Waals surface area contributed by atoms with Crippen molar-refractivity contribution in [1.82, 2.24) is 9.88 Å². The molecule has 1 unspecified atom stereocenters. The summed E-state index contributed by atoms with van der Waals surface area (Å²) in [6.45, 7) is 3.50. The molecule has 1 aromatic rings. The molecule has 5 heteroatoms. The normalized spacial score (nSPS) is 25.8. The Labute approximate surface area is 99.2 Å². The monoisotopic (exact) mass is 240 g/mol. The van der Waals surface area contributed by atoms with Gasteiger partial charge in [0.25, 0.3) is 5.91 Å². The van der Waals surface area contributed by atoms with Crippen LogP contribution in [0.3, 0.4) is 0 Å². The van der Waals surface area contributed by atoms with Crippen LogP contribution in [0.25, 0.3) is 0 Å². The SMILES string of the molecule is COC1(C)CCCN(C(=O)c2cscn2)C1. The summed E-state index contributed by atoms with van der Waals surface area (Å²) in [5.74, 6) is 0.0178. The van der Waals surface area contributed by atoms with Crippen molar-refractivity contribution in [2.45, 2.75) is 25.4 Å². The predicted octanol–water partition coefficient (Wildman–Crippen LogP) is 1.78. The van der Waals surface area contributed by atoms with Crippen molar-refractivity contribution in [2.24, 2.45) is 0 Å². The summed E-state index contributed by atoms with van der Waals surface area (Å²) in [4.78, 5) is 18.0. The van der Waals surface area contributed by atoms with Gasteiger partial charge in [0.15, 0.2) is 0 Å². The fourth-order valence-electron chi connectivity index (χ4n) is 2.03. The third-order valence-electron chi connectivity index (χ3n) is 3.09. The van der Waals surface area contributed by atoms with E-state index in [1.165, 1.54) is 11.3 Å². The lowest BCUT2D eigenvalue weighted by atomic mass is 9.94. The van der Waals surface area contributed by atoms with E-state index >= 15 is 0 Å². The average molecular weight is 240 g/mol. The summed E-state index contributed by atoms with van der Waals surface area (Å²) >= 11 is 1.45. The molecule has 1 aliphatic rings. The Morgan fingerprint density at radius 2 is 2.50 bits per heavy atom. The number of hydrogen-bond donors (Lipinski definition) is 0. The highest BCUT2D eigenvalue weighted by molar-refractivity contribution is 7.07. The van der Waals surface area contributed by atoms with Gasteiger partial charge in [-0.15, -0.1) is 11.3 Å². The summed E-state index contributed by atoms with van der Waals surface area (Å²) in [5.41, 5.74) is 2.03. The summed E-state index contributed by atoms with van der Waals surface area (Å²) in [7, 11) is 1.71. The largest absolute Gasteiger partial charge is 0.377 e. The van der Waals surface area contributed by atoms with Crippen molar-refractivity contribution < 1.29 is 9.53 Å². The highest BCUT2D eigenvalue weighted by Crippen LogP contribution is 2.24. The Morgan fingerprint density at radius 1 is 1.69 bits per heavy atom. The standard InChI is InChI=1S/C11H16N2O2S/c1-11(15-2)4-3-5-13(7-11)10(14)9-6-16-8-12-9/h6,8H,3-5,7H2,1-2H3. The van der Waals surface area contributed by atoms with Crippen LogP contribution in [-0.4, -0.2) is 41.6 Å². The fraction of sp³-hybridized carbons (Fsp3) is 0.636. The lowest BCUT2D eigenvalue weighted by molar-refractivity contribution is -0.0441. The van der Waals surface area contributed by atoms with E-state index in [1.54, 1.807) is 18.0 Å². The number of amides is 1. The number of methoxy groups -OCH3 is 1. The third-order valence-corrected chi connectivity index (χ3v) is 3.68. The summed E-state index contributed by atoms with van der Waals surface area (Å²) < 4.78 is 5.46. The number of aromatic nitrogens is 1. The van der Waals surface area contributed by atoms with Gasteiger partial charge in [0.05, 0.1) is 11.1 Å². The van der Waals surface area contributed by atoms with E-state index in [9.17, 15) is 4.79 Å². The van der Waals surface area contributed by atoms with Crippen molar-refractivity contribution in [1.29, 1.82) is 0 Å². The van der Waals surface area contributed by atoms with Gasteiger partial charge in [-0.2, -0.15) is 0 Å². The molecule has 88 valence electrons. The van der Waals surface area contributed by atoms with Crippen LogP contribution in [0.1, 0.15) is 30.3 Å². The van der Waals surface area contributed by atoms with Gasteiger partial charge in [-0.3, -0.25) is 4.79 Å². The number of carbonyl (C=O) groups is 1. The number of likely N-dealkylation sites (tertiary alicyclic amines) is 1. The smallest absolute Gasteiger partial charge is 0.273 e. The first-order valence-electron chi connectivity index (χ1n) is 5.37. The molecule has 1 fully saturated rings. The second-order valence-electron chi connectivity index (χ2n) is 4.36. The molecule has 0 radical (unpaired) electrons. The molecule has 1 amide bonds. The zero-order valence-corrected chi connectivity index (χ0v) is 10.4. The first-order valence-corrected chi connectivity index (χ1v) is 6.31. The number of thiazole rings is 1. The van der Waals surface area contributed by atoms with E-state index in [-0.39, 0.29) is 11.5 Å². The van der Waals surface area contributed by atoms with Gasteiger partial charge in [0, 0.05) is 25.6 Å². The van der Waals surface area contributed by atoms with E-state index in [2.05, 4.69) is 4.98 Å². The molecule has 0 spiro atoms. The zero-order valence-electron chi connectivity index (χ0n) is 9.60. The molecule has 0 N–H and O–H groups in total. The maximum absolute atomic E-state index is 12.1. The minimum atomic E-state index is -0.204. The highest BCUT2D eigenvalue weighted by atomic mass is 32.1. The number of piperidine rings is 1. The molecule has 1 saturated heterocycles. The second-order valence-corrected chi connectivity index (χ2v) is 5.08. The first-order chi connectivity index (χ1) is 7.64. The van der Waals surface area contributed by atoms with Gasteiger partial charge in [0.2, 0.25) is 0 Å². The molecule has 0 saturated carbocycles. The average Bonchev–Trinajstić information content (AvgIpc) is 2.82. The molecule has 4 nitrogen and oxygen atoms in total. The van der Waals surface area contributed by atoms with Crippen molar-refractivity contribution in [3.63, 3.8) is 0 Å². The fourth-order valence-corrected chi connectivity index (χ4v) is 2.55. The third kappa shape index (κ3) is 2.25. The molecule has 1 atom stereocenters. The van der Waals surface area contributed by atoms with Crippen LogP contribution in [0.5, 0.6) is 0 Å². The lowest BCUT2D eigenvalue weighted by Crippen LogP contribution is -2.49. The zero-order chi connectivity index (χ0) is 11.6. The van der Waals surface area contributed by atoms with E-state index in [1.807, 2.05) is 11.8 Å². The Morgan fingerprint density at radius 3 is 3.12 bits per heavy atom. The van der Waals surface area contributed by atoms with Gasteiger partial charge >= 0.3 is 0 Å². The van der Waals surface area contributed by atoms with Gasteiger partial charge in [-0.05, 0) is 19.8 Å². The van der Waals surface area contributed by atoms with Crippen LogP contribution >= 0.6 is 11.3 Å². The van der Waals surface area contributed by atoms with Crippen molar-refractivity contribution in [3.05, 3.63) is 16.6 Å². The van der Waals surface area contributed by atoms with Gasteiger partial charge in [-0.1, -0.05) is 0 Å². The minimum absolute atomic E-state index is 0.0178. The Kier molecular flexibility index (Phi) is 3.25. The van der Waals surface area contributed by atoms with Crippen LogP contribution in [0, 0.1) is 0 Å². The number of rotatable bonds is 2. The summed E-state index contributed by atoms with van der Waals surface area (Å²) in [6.07, 6.45) is 1.99. The lowest BCUT2D eigenvalue weighted by Gasteiger charge is -2.39. The molecular weight excluding hydrogens is 224 g/mol. The molecule has 16 heavy (non-hydrogen) atoms. The summed E-state index contributed by atoms with van der Waals surface area (Å²) in [5, 5.41) is 1.79. The molecule has 0 aromatic carbocycles. The van der Waals surface area contributed by atoms with Gasteiger partial charge < -0.3 is 9.64 Å².